The minimum atomic E-state index is -1.30. The van der Waals surface area contributed by atoms with Gasteiger partial charge in [0.2, 0.25) is 5.43 Å². The number of aromatic nitrogens is 1. The van der Waals surface area contributed by atoms with Crippen LogP contribution in [0.4, 0.5) is 0 Å². The monoisotopic (exact) mass is 314 g/mol. The summed E-state index contributed by atoms with van der Waals surface area (Å²) in [6, 6.07) is 1.36. The van der Waals surface area contributed by atoms with Crippen molar-refractivity contribution in [3.63, 3.8) is 0 Å². The molecule has 0 unspecified atom stereocenters. The largest absolute Gasteiger partial charge is 0.477 e. The van der Waals surface area contributed by atoms with Gasteiger partial charge in [0.1, 0.15) is 16.1 Å². The molecule has 0 bridgehead atoms. The maximum absolute atomic E-state index is 12.2. The fraction of sp³-hybridized carbons (Fsp3) is 0.167. The smallest absolute Gasteiger partial charge is 0.341 e. The van der Waals surface area contributed by atoms with Crippen LogP contribution >= 0.6 is 23.2 Å². The van der Waals surface area contributed by atoms with Crippen LogP contribution in [0.5, 0.6) is 5.75 Å². The molecule has 2 aromatic rings. The predicted molar refractivity (Wildman–Crippen MR) is 74.8 cm³/mol. The van der Waals surface area contributed by atoms with Gasteiger partial charge in [-0.05, 0) is 6.07 Å². The van der Waals surface area contributed by atoms with Crippen molar-refractivity contribution in [3.8, 4) is 5.75 Å². The minimum absolute atomic E-state index is 0.143. The summed E-state index contributed by atoms with van der Waals surface area (Å²) in [6.45, 7) is 0.157. The van der Waals surface area contributed by atoms with Crippen LogP contribution in [0.2, 0.25) is 10.0 Å². The van der Waals surface area contributed by atoms with Crippen LogP contribution in [0.1, 0.15) is 10.4 Å². The zero-order valence-corrected chi connectivity index (χ0v) is 11.7. The van der Waals surface area contributed by atoms with E-state index in [1.165, 1.54) is 16.9 Å². The first-order chi connectivity index (χ1) is 9.41. The van der Waals surface area contributed by atoms with Crippen molar-refractivity contribution in [1.82, 2.24) is 4.68 Å². The van der Waals surface area contributed by atoms with Gasteiger partial charge in [0.25, 0.3) is 0 Å². The molecule has 3 rings (SSSR count). The highest BCUT2D eigenvalue weighted by Gasteiger charge is 2.25. The summed E-state index contributed by atoms with van der Waals surface area (Å²) in [7, 11) is 1.70. The summed E-state index contributed by atoms with van der Waals surface area (Å²) in [4.78, 5) is 23.4. The van der Waals surface area contributed by atoms with E-state index < -0.39 is 11.4 Å². The number of hydrogen-bond acceptors (Lipinski definition) is 4. The number of nitrogens with zero attached hydrogens (tertiary/aromatic N) is 2. The minimum Gasteiger partial charge on any atom is -0.477 e. The third-order valence-corrected chi connectivity index (χ3v) is 3.88. The topological polar surface area (TPSA) is 71.8 Å². The lowest BCUT2D eigenvalue weighted by Crippen LogP contribution is -2.39. The van der Waals surface area contributed by atoms with Crippen molar-refractivity contribution in [2.45, 2.75) is 0 Å². The van der Waals surface area contributed by atoms with E-state index in [-0.39, 0.29) is 33.5 Å². The van der Waals surface area contributed by atoms with Crippen molar-refractivity contribution in [2.24, 2.45) is 0 Å². The number of ether oxygens (including phenoxy) is 1. The molecule has 104 valence electrons. The lowest BCUT2D eigenvalue weighted by Gasteiger charge is -2.31. The number of hydrogen-bond donors (Lipinski definition) is 1. The molecular formula is C12H8Cl2N2O4. The summed E-state index contributed by atoms with van der Waals surface area (Å²) >= 11 is 12.0. The molecule has 8 heteroatoms. The normalized spacial score (nSPS) is 13.4. The van der Waals surface area contributed by atoms with Gasteiger partial charge in [-0.1, -0.05) is 23.2 Å². The molecule has 1 N–H and O–H groups in total. The molecule has 1 aromatic heterocycles. The van der Waals surface area contributed by atoms with Gasteiger partial charge in [0.05, 0.1) is 10.4 Å². The molecule has 1 aliphatic rings. The summed E-state index contributed by atoms with van der Waals surface area (Å²) in [5.74, 6) is -1.02. The summed E-state index contributed by atoms with van der Waals surface area (Å²) in [5, 5.41) is 11.2. The van der Waals surface area contributed by atoms with Gasteiger partial charge in [-0.2, -0.15) is 0 Å². The lowest BCUT2D eigenvalue weighted by atomic mass is 10.1. The van der Waals surface area contributed by atoms with E-state index in [2.05, 4.69) is 0 Å². The van der Waals surface area contributed by atoms with Crippen LogP contribution in [-0.4, -0.2) is 29.5 Å². The number of pyridine rings is 1. The molecule has 0 amide bonds. The lowest BCUT2D eigenvalue weighted by molar-refractivity contribution is 0.0694. The van der Waals surface area contributed by atoms with Gasteiger partial charge < -0.3 is 9.84 Å². The molecule has 0 fully saturated rings. The first-order valence-electron chi connectivity index (χ1n) is 5.56. The second-order valence-corrected chi connectivity index (χ2v) is 5.14. The van der Waals surface area contributed by atoms with E-state index in [9.17, 15) is 9.59 Å². The summed E-state index contributed by atoms with van der Waals surface area (Å²) in [6.07, 6.45) is 1.25. The van der Waals surface area contributed by atoms with Crippen molar-refractivity contribution >= 4 is 40.1 Å². The Morgan fingerprint density at radius 3 is 2.80 bits per heavy atom. The van der Waals surface area contributed by atoms with E-state index in [0.29, 0.717) is 5.52 Å². The average molecular weight is 315 g/mol. The zero-order valence-electron chi connectivity index (χ0n) is 10.2. The second kappa shape index (κ2) is 4.29. The molecule has 0 atom stereocenters. The van der Waals surface area contributed by atoms with Gasteiger partial charge in [0, 0.05) is 13.2 Å². The Labute approximate surface area is 122 Å². The predicted octanol–water partition coefficient (Wildman–Crippen LogP) is 1.92. The standard InChI is InChI=1S/C12H8Cl2N2O4/c1-15-4-20-11-8(14)7(13)2-5-9(11)16(15)3-6(10(5)17)12(18)19/h2-3H,4H2,1H3,(H,18,19). The Morgan fingerprint density at radius 2 is 2.15 bits per heavy atom. The van der Waals surface area contributed by atoms with Gasteiger partial charge in [-0.25, -0.2) is 4.79 Å². The van der Waals surface area contributed by atoms with Gasteiger partial charge in [-0.15, -0.1) is 0 Å². The number of halogens is 2. The second-order valence-electron chi connectivity index (χ2n) is 4.35. The molecule has 0 saturated heterocycles. The number of carbonyl (C=O) groups is 1. The highest BCUT2D eigenvalue weighted by Crippen LogP contribution is 2.39. The SMILES string of the molecule is CN1COc2c(Cl)c(Cl)cc3c(=O)c(C(=O)O)cn1c23. The van der Waals surface area contributed by atoms with Crippen molar-refractivity contribution in [1.29, 1.82) is 0 Å². The first kappa shape index (κ1) is 13.1. The van der Waals surface area contributed by atoms with Crippen LogP contribution in [0.3, 0.4) is 0 Å². The fourth-order valence-corrected chi connectivity index (χ4v) is 2.55. The number of carboxylic acid groups (broad SMARTS) is 1. The maximum Gasteiger partial charge on any atom is 0.341 e. The Morgan fingerprint density at radius 1 is 1.45 bits per heavy atom. The van der Waals surface area contributed by atoms with Crippen molar-refractivity contribution < 1.29 is 14.6 Å². The quantitative estimate of drug-likeness (QED) is 0.870. The van der Waals surface area contributed by atoms with Crippen LogP contribution in [0.25, 0.3) is 10.9 Å². The van der Waals surface area contributed by atoms with Crippen LogP contribution < -0.4 is 15.2 Å². The van der Waals surface area contributed by atoms with E-state index in [4.69, 9.17) is 33.0 Å². The first-order valence-corrected chi connectivity index (χ1v) is 6.32. The molecule has 20 heavy (non-hydrogen) atoms. The number of aromatic carboxylic acids is 1. The zero-order chi connectivity index (χ0) is 14.6. The average Bonchev–Trinajstić information content (AvgIpc) is 2.39. The molecule has 0 saturated carbocycles. The van der Waals surface area contributed by atoms with Gasteiger partial charge in [-0.3, -0.25) is 14.5 Å². The summed E-state index contributed by atoms with van der Waals surface area (Å²) < 4.78 is 7.01. The fourth-order valence-electron chi connectivity index (χ4n) is 2.16. The van der Waals surface area contributed by atoms with E-state index >= 15 is 0 Å². The van der Waals surface area contributed by atoms with Crippen LogP contribution in [0.15, 0.2) is 17.1 Å². The molecule has 1 aromatic carbocycles. The highest BCUT2D eigenvalue weighted by atomic mass is 35.5. The highest BCUT2D eigenvalue weighted by molar-refractivity contribution is 6.44. The van der Waals surface area contributed by atoms with Crippen molar-refractivity contribution in [3.05, 3.63) is 38.1 Å². The van der Waals surface area contributed by atoms with Crippen LogP contribution in [0, 0.1) is 0 Å². The molecule has 0 aliphatic carbocycles. The van der Waals surface area contributed by atoms with Gasteiger partial charge >= 0.3 is 5.97 Å². The molecule has 1 aliphatic heterocycles. The third kappa shape index (κ3) is 1.65. The molecule has 6 nitrogen and oxygen atoms in total. The van der Waals surface area contributed by atoms with Gasteiger partial charge in [0.15, 0.2) is 12.5 Å². The Kier molecular flexibility index (Phi) is 2.81. The van der Waals surface area contributed by atoms with E-state index in [0.717, 1.165) is 0 Å². The summed E-state index contributed by atoms with van der Waals surface area (Å²) in [5.41, 5.74) is -0.554. The maximum atomic E-state index is 12.2. The number of rotatable bonds is 1. The Hall–Kier alpha value is -1.92. The van der Waals surface area contributed by atoms with E-state index in [1.54, 1.807) is 12.1 Å². The molecule has 0 spiro atoms. The van der Waals surface area contributed by atoms with Crippen molar-refractivity contribution in [2.75, 3.05) is 18.8 Å². The third-order valence-electron chi connectivity index (χ3n) is 3.11. The van der Waals surface area contributed by atoms with E-state index in [1.807, 2.05) is 0 Å². The molecule has 0 radical (unpaired) electrons. The number of carboxylic acids is 1. The number of benzene rings is 1. The Bertz CT molecular complexity index is 815. The van der Waals surface area contributed by atoms with Crippen LogP contribution in [-0.2, 0) is 0 Å². The molecule has 2 heterocycles. The molecular weight excluding hydrogens is 307 g/mol. The Balaban J connectivity index is 2.57.